The Morgan fingerprint density at radius 3 is 2.65 bits per heavy atom. The van der Waals surface area contributed by atoms with E-state index >= 15 is 0 Å². The molecule has 0 radical (unpaired) electrons. The topological polar surface area (TPSA) is 52.6 Å². The van der Waals surface area contributed by atoms with Gasteiger partial charge in [0.2, 0.25) is 0 Å². The van der Waals surface area contributed by atoms with Crippen molar-refractivity contribution in [1.29, 1.82) is 0 Å². The summed E-state index contributed by atoms with van der Waals surface area (Å²) in [6.45, 7) is 8.65. The van der Waals surface area contributed by atoms with Gasteiger partial charge in [0.1, 0.15) is 6.10 Å². The maximum Gasteiger partial charge on any atom is 0.330 e. The standard InChI is InChI=1S/C27H38O4/c1-17(6-11-25(29)30-5)22-9-10-23-21-8-7-19-16-20(31-18(2)28)12-14-26(19,3)24(21)13-15-27(22,23)4/h6,9,11,13,17,19-21,23H,7-8,10,12,14-16H2,1-5H3/t17-,19-,20-,21+,23+,26+,27-/m1/s1. The minimum absolute atomic E-state index is 0.101. The molecule has 0 aromatic carbocycles. The number of ether oxygens (including phenoxy) is 2. The number of allylic oxidation sites excluding steroid dienone is 5. The molecule has 4 aliphatic rings. The lowest BCUT2D eigenvalue weighted by atomic mass is 9.48. The van der Waals surface area contributed by atoms with Gasteiger partial charge in [-0.1, -0.05) is 50.1 Å². The molecule has 2 saturated carbocycles. The Labute approximate surface area is 187 Å². The molecule has 4 heteroatoms. The highest BCUT2D eigenvalue weighted by atomic mass is 16.5. The number of carbonyl (C=O) groups is 2. The summed E-state index contributed by atoms with van der Waals surface area (Å²) >= 11 is 0. The van der Waals surface area contributed by atoms with E-state index in [-0.39, 0.29) is 34.8 Å². The Morgan fingerprint density at radius 1 is 1.16 bits per heavy atom. The zero-order valence-electron chi connectivity index (χ0n) is 19.8. The lowest BCUT2D eigenvalue weighted by molar-refractivity contribution is -0.151. The zero-order valence-corrected chi connectivity index (χ0v) is 19.8. The summed E-state index contributed by atoms with van der Waals surface area (Å²) in [5.41, 5.74) is 3.60. The van der Waals surface area contributed by atoms with E-state index < -0.39 is 0 Å². The summed E-state index contributed by atoms with van der Waals surface area (Å²) in [6, 6.07) is 0. The fourth-order valence-corrected chi connectivity index (χ4v) is 7.54. The minimum atomic E-state index is -0.284. The fraction of sp³-hybridized carbons (Fsp3) is 0.704. The second-order valence-electron chi connectivity index (χ2n) is 10.8. The van der Waals surface area contributed by atoms with Crippen molar-refractivity contribution in [3.63, 3.8) is 0 Å². The summed E-state index contributed by atoms with van der Waals surface area (Å²) in [5.74, 6) is 1.74. The van der Waals surface area contributed by atoms with Crippen LogP contribution in [0, 0.1) is 34.5 Å². The van der Waals surface area contributed by atoms with Gasteiger partial charge in [-0.25, -0.2) is 4.79 Å². The molecule has 0 aliphatic heterocycles. The first-order valence-corrected chi connectivity index (χ1v) is 12.0. The summed E-state index contributed by atoms with van der Waals surface area (Å²) in [7, 11) is 1.42. The van der Waals surface area contributed by atoms with E-state index in [0.29, 0.717) is 17.8 Å². The number of carbonyl (C=O) groups excluding carboxylic acids is 2. The highest BCUT2D eigenvalue weighted by Gasteiger charge is 2.55. The molecule has 31 heavy (non-hydrogen) atoms. The Balaban J connectivity index is 1.54. The summed E-state index contributed by atoms with van der Waals surface area (Å²) in [4.78, 5) is 23.0. The smallest absolute Gasteiger partial charge is 0.330 e. The van der Waals surface area contributed by atoms with Crippen LogP contribution >= 0.6 is 0 Å². The number of fused-ring (bicyclic) bond motifs is 5. The lowest BCUT2D eigenvalue weighted by Gasteiger charge is -2.57. The van der Waals surface area contributed by atoms with E-state index in [1.165, 1.54) is 32.4 Å². The lowest BCUT2D eigenvalue weighted by Crippen LogP contribution is -2.48. The molecule has 4 rings (SSSR count). The molecule has 0 N–H and O–H groups in total. The average Bonchev–Trinajstić information content (AvgIpc) is 3.09. The third-order valence-corrected chi connectivity index (χ3v) is 9.17. The van der Waals surface area contributed by atoms with Crippen molar-refractivity contribution in [2.75, 3.05) is 7.11 Å². The molecule has 0 amide bonds. The van der Waals surface area contributed by atoms with Crippen molar-refractivity contribution in [2.45, 2.75) is 78.7 Å². The molecule has 0 heterocycles. The van der Waals surface area contributed by atoms with Crippen LogP contribution in [0.2, 0.25) is 0 Å². The van der Waals surface area contributed by atoms with Crippen molar-refractivity contribution in [3.8, 4) is 0 Å². The maximum atomic E-state index is 11.6. The molecule has 0 spiro atoms. The molecule has 0 aromatic heterocycles. The molecule has 0 saturated heterocycles. The van der Waals surface area contributed by atoms with Crippen LogP contribution in [0.15, 0.2) is 35.5 Å². The molecule has 4 nitrogen and oxygen atoms in total. The maximum absolute atomic E-state index is 11.6. The third-order valence-electron chi connectivity index (χ3n) is 9.17. The van der Waals surface area contributed by atoms with Gasteiger partial charge >= 0.3 is 11.9 Å². The first-order valence-electron chi connectivity index (χ1n) is 12.0. The highest BCUT2D eigenvalue weighted by Crippen LogP contribution is 2.65. The largest absolute Gasteiger partial charge is 0.466 e. The Hall–Kier alpha value is -1.84. The molecule has 7 atom stereocenters. The van der Waals surface area contributed by atoms with Crippen molar-refractivity contribution < 1.29 is 19.1 Å². The number of methoxy groups -OCH3 is 1. The van der Waals surface area contributed by atoms with Crippen LogP contribution in [0.3, 0.4) is 0 Å². The van der Waals surface area contributed by atoms with Crippen LogP contribution in [0.25, 0.3) is 0 Å². The van der Waals surface area contributed by atoms with Gasteiger partial charge in [0.05, 0.1) is 7.11 Å². The quantitative estimate of drug-likeness (QED) is 0.325. The van der Waals surface area contributed by atoms with Gasteiger partial charge in [-0.3, -0.25) is 4.79 Å². The zero-order chi connectivity index (χ0) is 22.4. The van der Waals surface area contributed by atoms with Crippen LogP contribution < -0.4 is 0 Å². The van der Waals surface area contributed by atoms with E-state index in [4.69, 9.17) is 9.47 Å². The SMILES string of the molecule is COC(=O)C=C[C@@H](C)C1=CC[C@H]2[C@@H]3CC[C@@H]4C[C@H](OC(C)=O)CC[C@]4(C)C3=CC[C@]12C. The second kappa shape index (κ2) is 8.26. The average molecular weight is 427 g/mol. The molecule has 170 valence electrons. The first-order chi connectivity index (χ1) is 14.7. The molecule has 2 fully saturated rings. The van der Waals surface area contributed by atoms with Crippen LogP contribution in [0.4, 0.5) is 0 Å². The number of rotatable bonds is 4. The molecule has 0 unspecified atom stereocenters. The minimum Gasteiger partial charge on any atom is -0.466 e. The van der Waals surface area contributed by atoms with Gasteiger partial charge in [-0.2, -0.15) is 0 Å². The Kier molecular flexibility index (Phi) is 5.95. The molecular weight excluding hydrogens is 388 g/mol. The first kappa shape index (κ1) is 22.4. The summed E-state index contributed by atoms with van der Waals surface area (Å²) < 4.78 is 10.4. The van der Waals surface area contributed by atoms with Gasteiger partial charge < -0.3 is 9.47 Å². The van der Waals surface area contributed by atoms with E-state index in [2.05, 4.69) is 32.9 Å². The van der Waals surface area contributed by atoms with Gasteiger partial charge in [-0.05, 0) is 79.4 Å². The normalized spacial score (nSPS) is 40.2. The molecular formula is C27H38O4. The van der Waals surface area contributed by atoms with Crippen molar-refractivity contribution in [3.05, 3.63) is 35.5 Å². The van der Waals surface area contributed by atoms with E-state index in [1.807, 2.05) is 6.08 Å². The fourth-order valence-electron chi connectivity index (χ4n) is 7.54. The third kappa shape index (κ3) is 3.81. The van der Waals surface area contributed by atoms with E-state index in [9.17, 15) is 9.59 Å². The molecule has 4 aliphatic carbocycles. The number of hydrogen-bond donors (Lipinski definition) is 0. The summed E-state index contributed by atoms with van der Waals surface area (Å²) in [5, 5.41) is 0. The van der Waals surface area contributed by atoms with Crippen LogP contribution in [0.1, 0.15) is 72.6 Å². The predicted molar refractivity (Wildman–Crippen MR) is 121 cm³/mol. The molecule has 0 aromatic rings. The van der Waals surface area contributed by atoms with Crippen molar-refractivity contribution >= 4 is 11.9 Å². The van der Waals surface area contributed by atoms with Crippen molar-refractivity contribution in [1.82, 2.24) is 0 Å². The van der Waals surface area contributed by atoms with Crippen molar-refractivity contribution in [2.24, 2.45) is 34.5 Å². The Bertz CT molecular complexity index is 836. The highest BCUT2D eigenvalue weighted by molar-refractivity contribution is 5.81. The van der Waals surface area contributed by atoms with Gasteiger partial charge in [0.15, 0.2) is 0 Å². The summed E-state index contributed by atoms with van der Waals surface area (Å²) in [6.07, 6.45) is 16.5. The van der Waals surface area contributed by atoms with Crippen LogP contribution in [-0.4, -0.2) is 25.2 Å². The predicted octanol–water partition coefficient (Wildman–Crippen LogP) is 5.78. The van der Waals surface area contributed by atoms with Gasteiger partial charge in [-0.15, -0.1) is 0 Å². The number of hydrogen-bond acceptors (Lipinski definition) is 4. The van der Waals surface area contributed by atoms with E-state index in [0.717, 1.165) is 32.1 Å². The van der Waals surface area contributed by atoms with Crippen LogP contribution in [-0.2, 0) is 19.1 Å². The Morgan fingerprint density at radius 2 is 1.94 bits per heavy atom. The second-order valence-corrected chi connectivity index (χ2v) is 10.8. The number of esters is 2. The van der Waals surface area contributed by atoms with E-state index in [1.54, 1.807) is 11.6 Å². The van der Waals surface area contributed by atoms with Gasteiger partial charge in [0.25, 0.3) is 0 Å². The monoisotopic (exact) mass is 426 g/mol. The molecule has 0 bridgehead atoms. The van der Waals surface area contributed by atoms with Gasteiger partial charge in [0, 0.05) is 13.0 Å². The van der Waals surface area contributed by atoms with Crippen LogP contribution in [0.5, 0.6) is 0 Å².